The van der Waals surface area contributed by atoms with Crippen LogP contribution in [0.15, 0.2) is 35.4 Å². The average molecular weight is 483 g/mol. The lowest BCUT2D eigenvalue weighted by atomic mass is 10.1. The number of hydrogen-bond acceptors (Lipinski definition) is 7. The van der Waals surface area contributed by atoms with Crippen LogP contribution in [0.2, 0.25) is 0 Å². The van der Waals surface area contributed by atoms with Crippen LogP contribution in [-0.4, -0.2) is 68.3 Å². The first-order chi connectivity index (χ1) is 16.0. The Morgan fingerprint density at radius 1 is 1.09 bits per heavy atom. The van der Waals surface area contributed by atoms with Crippen LogP contribution in [0.4, 0.5) is 0 Å². The molecule has 0 aliphatic carbocycles. The van der Waals surface area contributed by atoms with Gasteiger partial charge < -0.3 is 4.74 Å². The summed E-state index contributed by atoms with van der Waals surface area (Å²) < 4.78 is 8.53. The molecule has 182 valence electrons. The summed E-state index contributed by atoms with van der Waals surface area (Å²) in [4.78, 5) is 25.1. The van der Waals surface area contributed by atoms with Crippen molar-refractivity contribution in [3.05, 3.63) is 57.1 Å². The van der Waals surface area contributed by atoms with Crippen molar-refractivity contribution in [2.45, 2.75) is 47.3 Å². The number of methoxy groups -OCH3 is 1. The summed E-state index contributed by atoms with van der Waals surface area (Å²) in [6, 6.07) is 8.43. The molecule has 5 rings (SSSR count). The maximum atomic E-state index is 13.3. The largest absolute Gasteiger partial charge is 0.497 e. The molecule has 0 spiro atoms. The van der Waals surface area contributed by atoms with E-state index < -0.39 is 0 Å². The maximum Gasteiger partial charge on any atom is 0.352 e. The summed E-state index contributed by atoms with van der Waals surface area (Å²) in [5.74, 6) is 0.801. The first-order valence-corrected chi connectivity index (χ1v) is 12.2. The molecule has 1 aromatic carbocycles. The zero-order valence-electron chi connectivity index (χ0n) is 19.6. The molecule has 9 heteroatoms. The van der Waals surface area contributed by atoms with Crippen molar-refractivity contribution in [2.75, 3.05) is 33.3 Å². The maximum absolute atomic E-state index is 13.3. The molecule has 3 aromatic heterocycles. The molecule has 4 aromatic rings. The van der Waals surface area contributed by atoms with Crippen molar-refractivity contribution in [2.24, 2.45) is 0 Å². The summed E-state index contributed by atoms with van der Waals surface area (Å²) in [6.45, 7) is 12.4. The highest BCUT2D eigenvalue weighted by Gasteiger charge is 2.23. The van der Waals surface area contributed by atoms with Crippen molar-refractivity contribution < 1.29 is 4.74 Å². The fourth-order valence-electron chi connectivity index (χ4n) is 4.60. The zero-order valence-corrected chi connectivity index (χ0v) is 20.4. The van der Waals surface area contributed by atoms with Gasteiger partial charge in [-0.05, 0) is 44.0 Å². The Bertz CT molecular complexity index is 1330. The monoisotopic (exact) mass is 482 g/mol. The van der Waals surface area contributed by atoms with E-state index in [1.165, 1.54) is 21.3 Å². The Balaban J connectivity index is 0.00000274. The topological polar surface area (TPSA) is 67.9 Å². The summed E-state index contributed by atoms with van der Waals surface area (Å²) in [7, 11) is 1.65. The number of thiophene rings is 1. The lowest BCUT2D eigenvalue weighted by Gasteiger charge is -2.36. The van der Waals surface area contributed by atoms with Gasteiger partial charge in [-0.1, -0.05) is 19.6 Å². The summed E-state index contributed by atoms with van der Waals surface area (Å²) in [5, 5.41) is 5.26. The number of piperazine rings is 1. The number of aryl methyl sites for hydroxylation is 1. The number of aromatic nitrogens is 4. The van der Waals surface area contributed by atoms with Gasteiger partial charge in [0, 0.05) is 43.6 Å². The predicted molar refractivity (Wildman–Crippen MR) is 138 cm³/mol. The molecule has 8 nitrogen and oxygen atoms in total. The van der Waals surface area contributed by atoms with E-state index in [9.17, 15) is 4.79 Å². The van der Waals surface area contributed by atoms with Crippen LogP contribution in [0.5, 0.6) is 5.75 Å². The number of fused-ring (bicyclic) bond motifs is 3. The summed E-state index contributed by atoms with van der Waals surface area (Å²) in [5.41, 5.74) is 2.72. The normalized spacial score (nSPS) is 15.3. The molecular weight excluding hydrogens is 448 g/mol. The van der Waals surface area contributed by atoms with E-state index in [-0.39, 0.29) is 13.1 Å². The van der Waals surface area contributed by atoms with Crippen LogP contribution < -0.4 is 10.4 Å². The number of benzene rings is 1. The van der Waals surface area contributed by atoms with E-state index in [4.69, 9.17) is 4.74 Å². The molecule has 1 fully saturated rings. The van der Waals surface area contributed by atoms with E-state index >= 15 is 0 Å². The van der Waals surface area contributed by atoms with Gasteiger partial charge in [0.2, 0.25) is 0 Å². The molecule has 34 heavy (non-hydrogen) atoms. The second-order valence-electron chi connectivity index (χ2n) is 8.95. The average Bonchev–Trinajstić information content (AvgIpc) is 3.42. The minimum absolute atomic E-state index is 0. The number of rotatable bonds is 6. The van der Waals surface area contributed by atoms with E-state index in [0.29, 0.717) is 18.2 Å². The third kappa shape index (κ3) is 4.35. The SMILES string of the molecule is C.COc1ccc(Cn2c(=O)n3ncnc3c3c(C)c(CN4CCN(C(C)C)CC4)sc32)cc1. The Morgan fingerprint density at radius 3 is 2.44 bits per heavy atom. The molecule has 1 aliphatic rings. The third-order valence-electron chi connectivity index (χ3n) is 6.66. The highest BCUT2D eigenvalue weighted by atomic mass is 32.1. The molecule has 0 bridgehead atoms. The van der Waals surface area contributed by atoms with Gasteiger partial charge in [-0.2, -0.15) is 9.61 Å². The second kappa shape index (κ2) is 9.85. The van der Waals surface area contributed by atoms with Gasteiger partial charge >= 0.3 is 5.69 Å². The lowest BCUT2D eigenvalue weighted by molar-refractivity contribution is 0.104. The summed E-state index contributed by atoms with van der Waals surface area (Å²) >= 11 is 1.71. The molecule has 0 unspecified atom stereocenters. The van der Waals surface area contributed by atoms with E-state index in [1.54, 1.807) is 18.4 Å². The minimum atomic E-state index is -0.163. The van der Waals surface area contributed by atoms with Gasteiger partial charge in [0.1, 0.15) is 16.9 Å². The molecular formula is C25H34N6O2S. The first kappa shape index (κ1) is 24.4. The number of ether oxygens (including phenoxy) is 1. The van der Waals surface area contributed by atoms with E-state index in [2.05, 4.69) is 40.7 Å². The van der Waals surface area contributed by atoms with Crippen LogP contribution in [0.25, 0.3) is 15.9 Å². The van der Waals surface area contributed by atoms with E-state index in [1.807, 2.05) is 28.8 Å². The Labute approximate surface area is 204 Å². The van der Waals surface area contributed by atoms with Crippen LogP contribution >= 0.6 is 11.3 Å². The van der Waals surface area contributed by atoms with Gasteiger partial charge in [0.25, 0.3) is 0 Å². The fraction of sp³-hybridized carbons (Fsp3) is 0.480. The van der Waals surface area contributed by atoms with Crippen LogP contribution in [0, 0.1) is 6.92 Å². The molecule has 1 aliphatic heterocycles. The molecule has 1 saturated heterocycles. The van der Waals surface area contributed by atoms with Gasteiger partial charge in [-0.3, -0.25) is 14.4 Å². The Hall–Kier alpha value is -2.75. The van der Waals surface area contributed by atoms with Gasteiger partial charge in [0.05, 0.1) is 19.0 Å². The zero-order chi connectivity index (χ0) is 23.1. The number of nitrogens with zero attached hydrogens (tertiary/aromatic N) is 6. The van der Waals surface area contributed by atoms with E-state index in [0.717, 1.165) is 54.3 Å². The second-order valence-corrected chi connectivity index (χ2v) is 10.0. The number of hydrogen-bond donors (Lipinski definition) is 0. The first-order valence-electron chi connectivity index (χ1n) is 11.4. The molecule has 0 radical (unpaired) electrons. The highest BCUT2D eigenvalue weighted by molar-refractivity contribution is 7.19. The summed E-state index contributed by atoms with van der Waals surface area (Å²) in [6.07, 6.45) is 1.47. The minimum Gasteiger partial charge on any atom is -0.497 e. The smallest absolute Gasteiger partial charge is 0.352 e. The van der Waals surface area contributed by atoms with Crippen molar-refractivity contribution in [3.8, 4) is 5.75 Å². The van der Waals surface area contributed by atoms with Crippen molar-refractivity contribution in [3.63, 3.8) is 0 Å². The van der Waals surface area contributed by atoms with Crippen molar-refractivity contribution >= 4 is 27.2 Å². The highest BCUT2D eigenvalue weighted by Crippen LogP contribution is 2.33. The Morgan fingerprint density at radius 2 is 1.79 bits per heavy atom. The molecule has 0 N–H and O–H groups in total. The van der Waals surface area contributed by atoms with Crippen molar-refractivity contribution in [1.29, 1.82) is 0 Å². The standard InChI is InChI=1S/C24H30N6O2S.CH4/c1-16(2)28-11-9-27(10-12-28)14-20-17(3)21-22-25-15-26-30(22)24(31)29(23(21)33-20)13-18-5-7-19(32-4)8-6-18;/h5-8,15-16H,9-14H2,1-4H3;1H4. The molecule has 0 amide bonds. The lowest BCUT2D eigenvalue weighted by Crippen LogP contribution is -2.48. The van der Waals surface area contributed by atoms with Crippen LogP contribution in [0.1, 0.15) is 37.3 Å². The van der Waals surface area contributed by atoms with Gasteiger partial charge in [-0.25, -0.2) is 9.78 Å². The predicted octanol–water partition coefficient (Wildman–Crippen LogP) is 3.63. The van der Waals surface area contributed by atoms with Gasteiger partial charge in [0.15, 0.2) is 5.65 Å². The van der Waals surface area contributed by atoms with Crippen LogP contribution in [-0.2, 0) is 13.1 Å². The molecule has 0 atom stereocenters. The van der Waals surface area contributed by atoms with Gasteiger partial charge in [-0.15, -0.1) is 11.3 Å². The third-order valence-corrected chi connectivity index (χ3v) is 7.96. The van der Waals surface area contributed by atoms with Crippen LogP contribution in [0.3, 0.4) is 0 Å². The quantitative estimate of drug-likeness (QED) is 0.418. The fourth-order valence-corrected chi connectivity index (χ4v) is 5.93. The Kier molecular flexibility index (Phi) is 7.06. The van der Waals surface area contributed by atoms with Crippen molar-refractivity contribution in [1.82, 2.24) is 29.0 Å². The molecule has 0 saturated carbocycles. The molecule has 4 heterocycles.